The lowest BCUT2D eigenvalue weighted by molar-refractivity contribution is -0.0281. The van der Waals surface area contributed by atoms with Crippen molar-refractivity contribution in [3.05, 3.63) is 46.5 Å². The van der Waals surface area contributed by atoms with Crippen LogP contribution in [0.3, 0.4) is 0 Å². The Morgan fingerprint density at radius 3 is 2.95 bits per heavy atom. The molecule has 1 fully saturated rings. The van der Waals surface area contributed by atoms with Gasteiger partial charge in [-0.05, 0) is 24.6 Å². The maximum absolute atomic E-state index is 12.6. The Bertz CT molecular complexity index is 701. The molecule has 116 valence electrons. The van der Waals surface area contributed by atoms with Gasteiger partial charge in [0.25, 0.3) is 5.91 Å². The third kappa shape index (κ3) is 2.84. The quantitative estimate of drug-likeness (QED) is 0.849. The monoisotopic (exact) mass is 320 g/mol. The highest BCUT2D eigenvalue weighted by atomic mass is 35.5. The second-order valence-electron chi connectivity index (χ2n) is 5.37. The molecule has 1 saturated heterocycles. The number of amides is 1. The van der Waals surface area contributed by atoms with Crippen LogP contribution in [0.1, 0.15) is 27.8 Å². The van der Waals surface area contributed by atoms with E-state index in [9.17, 15) is 4.79 Å². The number of benzene rings is 1. The molecule has 0 spiro atoms. The van der Waals surface area contributed by atoms with E-state index in [0.29, 0.717) is 30.3 Å². The Morgan fingerprint density at radius 1 is 1.45 bits per heavy atom. The Morgan fingerprint density at radius 2 is 2.27 bits per heavy atom. The molecule has 1 aliphatic rings. The van der Waals surface area contributed by atoms with Gasteiger partial charge in [0.15, 0.2) is 5.82 Å². The Kier molecular flexibility index (Phi) is 4.13. The van der Waals surface area contributed by atoms with Crippen LogP contribution in [0.2, 0.25) is 5.02 Å². The third-order valence-electron chi connectivity index (χ3n) is 3.81. The summed E-state index contributed by atoms with van der Waals surface area (Å²) in [6.45, 7) is 3.40. The van der Waals surface area contributed by atoms with E-state index in [1.54, 1.807) is 27.9 Å². The predicted molar refractivity (Wildman–Crippen MR) is 81.8 cm³/mol. The molecule has 0 saturated carbocycles. The lowest BCUT2D eigenvalue weighted by Crippen LogP contribution is -2.42. The minimum absolute atomic E-state index is 0.0441. The van der Waals surface area contributed by atoms with Gasteiger partial charge in [-0.15, -0.1) is 10.2 Å². The van der Waals surface area contributed by atoms with E-state index in [-0.39, 0.29) is 12.0 Å². The number of carbonyl (C=O) groups excluding carboxylic acids is 1. The zero-order chi connectivity index (χ0) is 15.7. The molecular formula is C15H17ClN4O2. The number of aryl methyl sites for hydroxylation is 2. The van der Waals surface area contributed by atoms with Crippen LogP contribution in [0.15, 0.2) is 24.5 Å². The fraction of sp³-hybridized carbons (Fsp3) is 0.400. The van der Waals surface area contributed by atoms with Crippen molar-refractivity contribution < 1.29 is 9.53 Å². The number of morpholine rings is 1. The number of aromatic nitrogens is 3. The summed E-state index contributed by atoms with van der Waals surface area (Å²) in [5.74, 6) is 0.678. The van der Waals surface area contributed by atoms with E-state index < -0.39 is 0 Å². The Hall–Kier alpha value is -1.92. The van der Waals surface area contributed by atoms with E-state index >= 15 is 0 Å². The number of hydrogen-bond acceptors (Lipinski definition) is 4. The number of halogens is 1. The van der Waals surface area contributed by atoms with Crippen molar-refractivity contribution in [3.63, 3.8) is 0 Å². The van der Waals surface area contributed by atoms with Crippen LogP contribution in [-0.4, -0.2) is 45.3 Å². The van der Waals surface area contributed by atoms with Crippen LogP contribution in [0.25, 0.3) is 0 Å². The molecule has 1 atom stereocenters. The third-order valence-corrected chi connectivity index (χ3v) is 4.21. The van der Waals surface area contributed by atoms with Gasteiger partial charge < -0.3 is 14.2 Å². The molecule has 0 N–H and O–H groups in total. The molecule has 1 aromatic carbocycles. The average molecular weight is 321 g/mol. The maximum atomic E-state index is 12.6. The fourth-order valence-corrected chi connectivity index (χ4v) is 2.66. The van der Waals surface area contributed by atoms with Gasteiger partial charge in [-0.25, -0.2) is 0 Å². The normalized spacial score (nSPS) is 18.5. The molecule has 3 rings (SSSR count). The Labute approximate surface area is 133 Å². The van der Waals surface area contributed by atoms with Gasteiger partial charge in [0.2, 0.25) is 0 Å². The fourth-order valence-electron chi connectivity index (χ4n) is 2.48. The molecule has 22 heavy (non-hydrogen) atoms. The van der Waals surface area contributed by atoms with Crippen LogP contribution in [0.5, 0.6) is 0 Å². The molecule has 7 heteroatoms. The highest BCUT2D eigenvalue weighted by Crippen LogP contribution is 2.23. The van der Waals surface area contributed by atoms with Gasteiger partial charge >= 0.3 is 0 Å². The van der Waals surface area contributed by atoms with E-state index in [0.717, 1.165) is 11.4 Å². The maximum Gasteiger partial charge on any atom is 0.254 e. The molecule has 0 aliphatic carbocycles. The van der Waals surface area contributed by atoms with Crippen molar-refractivity contribution in [1.82, 2.24) is 19.7 Å². The van der Waals surface area contributed by atoms with Crippen LogP contribution < -0.4 is 0 Å². The minimum Gasteiger partial charge on any atom is -0.366 e. The zero-order valence-corrected chi connectivity index (χ0v) is 13.2. The van der Waals surface area contributed by atoms with Crippen molar-refractivity contribution >= 4 is 17.5 Å². The van der Waals surface area contributed by atoms with Crippen LogP contribution in [0, 0.1) is 6.92 Å². The summed E-state index contributed by atoms with van der Waals surface area (Å²) in [5, 5.41) is 8.52. The van der Waals surface area contributed by atoms with Gasteiger partial charge in [0.1, 0.15) is 12.4 Å². The summed E-state index contributed by atoms with van der Waals surface area (Å²) < 4.78 is 7.53. The number of carbonyl (C=O) groups is 1. The lowest BCUT2D eigenvalue weighted by atomic mass is 10.1. The topological polar surface area (TPSA) is 60.3 Å². The number of nitrogens with zero attached hydrogens (tertiary/aromatic N) is 4. The number of rotatable bonds is 2. The van der Waals surface area contributed by atoms with Gasteiger partial charge in [0, 0.05) is 24.2 Å². The summed E-state index contributed by atoms with van der Waals surface area (Å²) in [7, 11) is 1.86. The molecule has 1 amide bonds. The standard InChI is InChI=1S/C15H17ClN4O2/c1-10-3-4-11(7-12(10)16)15(21)20-5-6-22-13(8-20)14-18-17-9-19(14)2/h3-4,7,9,13H,5-6,8H2,1-2H3/t13-/m1/s1. The number of ether oxygens (including phenoxy) is 1. The van der Waals surface area contributed by atoms with Gasteiger partial charge in [0.05, 0.1) is 13.2 Å². The molecular weight excluding hydrogens is 304 g/mol. The minimum atomic E-state index is -0.258. The average Bonchev–Trinajstić information content (AvgIpc) is 2.95. The van der Waals surface area contributed by atoms with E-state index in [4.69, 9.17) is 16.3 Å². The molecule has 6 nitrogen and oxygen atoms in total. The summed E-state index contributed by atoms with van der Waals surface area (Å²) in [4.78, 5) is 14.4. The first-order chi connectivity index (χ1) is 10.6. The van der Waals surface area contributed by atoms with E-state index in [2.05, 4.69) is 10.2 Å². The Balaban J connectivity index is 1.78. The molecule has 2 heterocycles. The zero-order valence-electron chi connectivity index (χ0n) is 12.5. The molecule has 1 aliphatic heterocycles. The second-order valence-corrected chi connectivity index (χ2v) is 5.78. The predicted octanol–water partition coefficient (Wildman–Crippen LogP) is 1.99. The summed E-state index contributed by atoms with van der Waals surface area (Å²) >= 11 is 6.11. The van der Waals surface area contributed by atoms with Gasteiger partial charge in [-0.1, -0.05) is 17.7 Å². The van der Waals surface area contributed by atoms with Crippen LogP contribution in [0.4, 0.5) is 0 Å². The SMILES string of the molecule is Cc1ccc(C(=O)N2CCO[C@@H](c3nncn3C)C2)cc1Cl. The highest BCUT2D eigenvalue weighted by molar-refractivity contribution is 6.31. The lowest BCUT2D eigenvalue weighted by Gasteiger charge is -2.32. The van der Waals surface area contributed by atoms with Gasteiger partial charge in [-0.2, -0.15) is 0 Å². The van der Waals surface area contributed by atoms with E-state index in [1.165, 1.54) is 0 Å². The van der Waals surface area contributed by atoms with Crippen LogP contribution in [-0.2, 0) is 11.8 Å². The van der Waals surface area contributed by atoms with Crippen molar-refractivity contribution in [3.8, 4) is 0 Å². The summed E-state index contributed by atoms with van der Waals surface area (Å²) in [5.41, 5.74) is 1.55. The van der Waals surface area contributed by atoms with Gasteiger partial charge in [-0.3, -0.25) is 4.79 Å². The molecule has 0 unspecified atom stereocenters. The van der Waals surface area contributed by atoms with Crippen molar-refractivity contribution in [2.45, 2.75) is 13.0 Å². The summed E-state index contributed by atoms with van der Waals surface area (Å²) in [6.07, 6.45) is 1.37. The summed E-state index contributed by atoms with van der Waals surface area (Å²) in [6, 6.07) is 5.37. The molecule has 2 aromatic rings. The molecule has 1 aromatic heterocycles. The smallest absolute Gasteiger partial charge is 0.254 e. The van der Waals surface area contributed by atoms with E-state index in [1.807, 2.05) is 20.0 Å². The second kappa shape index (κ2) is 6.06. The van der Waals surface area contributed by atoms with Crippen LogP contribution >= 0.6 is 11.6 Å². The first kappa shape index (κ1) is 15.0. The van der Waals surface area contributed by atoms with Crippen molar-refractivity contribution in [1.29, 1.82) is 0 Å². The molecule has 0 radical (unpaired) electrons. The first-order valence-corrected chi connectivity index (χ1v) is 7.45. The first-order valence-electron chi connectivity index (χ1n) is 7.07. The number of hydrogen-bond donors (Lipinski definition) is 0. The molecule has 0 bridgehead atoms. The highest BCUT2D eigenvalue weighted by Gasteiger charge is 2.28. The largest absolute Gasteiger partial charge is 0.366 e. The van der Waals surface area contributed by atoms with Crippen molar-refractivity contribution in [2.75, 3.05) is 19.7 Å². The van der Waals surface area contributed by atoms with Crippen molar-refractivity contribution in [2.24, 2.45) is 7.05 Å².